The number of halogens is 4. The van der Waals surface area contributed by atoms with Gasteiger partial charge in [-0.25, -0.2) is 4.79 Å². The molecule has 1 rings (SSSR count). The van der Waals surface area contributed by atoms with Gasteiger partial charge in [0.05, 0.1) is 5.56 Å². The molecule has 0 heterocycles. The molecule has 1 aromatic rings. The third-order valence-electron chi connectivity index (χ3n) is 2.56. The largest absolute Gasteiger partial charge is 0.463 e. The zero-order valence-corrected chi connectivity index (χ0v) is 14.6. The number of ether oxygens (including phenoxy) is 2. The molecule has 0 bridgehead atoms. The summed E-state index contributed by atoms with van der Waals surface area (Å²) >= 11 is 1.86. The van der Waals surface area contributed by atoms with Crippen molar-refractivity contribution < 1.29 is 45.2 Å². The lowest BCUT2D eigenvalue weighted by Crippen LogP contribution is -2.39. The van der Waals surface area contributed by atoms with E-state index in [9.17, 15) is 31.2 Å². The van der Waals surface area contributed by atoms with Gasteiger partial charge in [0.1, 0.15) is 12.4 Å². The van der Waals surface area contributed by atoms with Gasteiger partial charge in [-0.2, -0.15) is 21.6 Å². The van der Waals surface area contributed by atoms with Gasteiger partial charge >= 0.3 is 12.1 Å². The minimum absolute atomic E-state index is 0.160. The fourth-order valence-corrected chi connectivity index (χ4v) is 2.65. The first-order chi connectivity index (χ1) is 10.9. The Morgan fingerprint density at radius 1 is 1.38 bits per heavy atom. The third-order valence-corrected chi connectivity index (χ3v) is 4.34. The summed E-state index contributed by atoms with van der Waals surface area (Å²) in [6, 6.07) is 3.69. The fourth-order valence-electron chi connectivity index (χ4n) is 1.52. The van der Waals surface area contributed by atoms with E-state index < -0.39 is 34.1 Å². The third kappa shape index (κ3) is 6.60. The lowest BCUT2D eigenvalue weighted by molar-refractivity contribution is -0.197. The summed E-state index contributed by atoms with van der Waals surface area (Å²) < 4.78 is 77.2. The van der Waals surface area contributed by atoms with Gasteiger partial charge in [-0.15, -0.1) is 0 Å². The minimum Gasteiger partial charge on any atom is -0.463 e. The van der Waals surface area contributed by atoms with E-state index in [1.165, 1.54) is 6.07 Å². The second-order valence-electron chi connectivity index (χ2n) is 4.40. The smallest absolute Gasteiger partial charge is 0.426 e. The van der Waals surface area contributed by atoms with Gasteiger partial charge in [0, 0.05) is 9.13 Å². The van der Waals surface area contributed by atoms with Gasteiger partial charge in [-0.1, -0.05) is 0 Å². The summed E-state index contributed by atoms with van der Waals surface area (Å²) in [5.41, 5.74) is 0.0417. The van der Waals surface area contributed by atoms with E-state index in [1.807, 2.05) is 22.6 Å². The summed E-state index contributed by atoms with van der Waals surface area (Å²) in [4.78, 5) is 22.0. The number of hydrogen-bond donors (Lipinski definition) is 1. The Balaban J connectivity index is 3.01. The average Bonchev–Trinajstić information content (AvgIpc) is 2.43. The lowest BCUT2D eigenvalue weighted by Gasteiger charge is -2.19. The molecule has 0 fully saturated rings. The highest BCUT2D eigenvalue weighted by Gasteiger charge is 2.45. The van der Waals surface area contributed by atoms with E-state index in [2.05, 4.69) is 9.47 Å². The van der Waals surface area contributed by atoms with Crippen LogP contribution in [0.1, 0.15) is 15.9 Å². The Kier molecular flexibility index (Phi) is 6.97. The number of carbonyl (C=O) groups is 2. The Labute approximate surface area is 148 Å². The SMILES string of the molecule is O=COCc1cc(C(=O)OC(CS(=O)(=O)O)C(F)(F)F)ccc1I. The van der Waals surface area contributed by atoms with Crippen molar-refractivity contribution in [3.63, 3.8) is 0 Å². The number of esters is 1. The molecule has 24 heavy (non-hydrogen) atoms. The zero-order chi connectivity index (χ0) is 18.5. The molecule has 12 heteroatoms. The number of alkyl halides is 3. The molecule has 1 N–H and O–H groups in total. The first-order valence-electron chi connectivity index (χ1n) is 6.00. The standard InChI is InChI=1S/C12H10F3IO7S/c13-12(14,15)10(5-24(19,20)21)23-11(18)7-1-2-9(16)8(3-7)4-22-6-17/h1-3,6,10H,4-5H2,(H,19,20,21). The molecular weight excluding hydrogens is 472 g/mol. The number of hydrogen-bond acceptors (Lipinski definition) is 6. The summed E-state index contributed by atoms with van der Waals surface area (Å²) in [6.07, 6.45) is -8.20. The van der Waals surface area contributed by atoms with E-state index >= 15 is 0 Å². The predicted molar refractivity (Wildman–Crippen MR) is 81.7 cm³/mol. The van der Waals surface area contributed by atoms with Crippen LogP contribution in [-0.4, -0.2) is 43.4 Å². The highest BCUT2D eigenvalue weighted by atomic mass is 127. The van der Waals surface area contributed by atoms with Crippen molar-refractivity contribution in [2.45, 2.75) is 18.9 Å². The average molecular weight is 482 g/mol. The van der Waals surface area contributed by atoms with Crippen LogP contribution in [0.15, 0.2) is 18.2 Å². The van der Waals surface area contributed by atoms with Crippen LogP contribution in [0.5, 0.6) is 0 Å². The van der Waals surface area contributed by atoms with Crippen molar-refractivity contribution in [1.82, 2.24) is 0 Å². The van der Waals surface area contributed by atoms with Crippen LogP contribution < -0.4 is 0 Å². The van der Waals surface area contributed by atoms with Crippen molar-refractivity contribution in [3.05, 3.63) is 32.9 Å². The van der Waals surface area contributed by atoms with Crippen molar-refractivity contribution in [1.29, 1.82) is 0 Å². The van der Waals surface area contributed by atoms with Gasteiger partial charge in [-0.3, -0.25) is 9.35 Å². The minimum atomic E-state index is -5.18. The summed E-state index contributed by atoms with van der Waals surface area (Å²) in [5.74, 6) is -3.25. The van der Waals surface area contributed by atoms with Gasteiger partial charge < -0.3 is 9.47 Å². The Bertz CT molecular complexity index is 718. The number of rotatable bonds is 7. The highest BCUT2D eigenvalue weighted by Crippen LogP contribution is 2.25. The molecule has 7 nitrogen and oxygen atoms in total. The van der Waals surface area contributed by atoms with Crippen molar-refractivity contribution >= 4 is 45.2 Å². The van der Waals surface area contributed by atoms with E-state index in [1.54, 1.807) is 0 Å². The topological polar surface area (TPSA) is 107 Å². The molecule has 134 valence electrons. The fraction of sp³-hybridized carbons (Fsp3) is 0.333. The molecule has 1 aromatic carbocycles. The van der Waals surface area contributed by atoms with Crippen LogP contribution in [0, 0.1) is 3.57 Å². The molecule has 0 amide bonds. The van der Waals surface area contributed by atoms with E-state index in [0.29, 0.717) is 9.13 Å². The molecule has 0 radical (unpaired) electrons. The first-order valence-corrected chi connectivity index (χ1v) is 8.69. The second kappa shape index (κ2) is 8.11. The van der Waals surface area contributed by atoms with Crippen molar-refractivity contribution in [2.24, 2.45) is 0 Å². The molecule has 1 atom stereocenters. The van der Waals surface area contributed by atoms with Gasteiger partial charge in [0.2, 0.25) is 6.10 Å². The van der Waals surface area contributed by atoms with Crippen LogP contribution in [0.3, 0.4) is 0 Å². The molecule has 0 aromatic heterocycles. The van der Waals surface area contributed by atoms with E-state index in [0.717, 1.165) is 12.1 Å². The maximum Gasteiger partial charge on any atom is 0.426 e. The molecule has 0 saturated heterocycles. The predicted octanol–water partition coefficient (Wildman–Crippen LogP) is 1.94. The maximum atomic E-state index is 12.7. The Hall–Kier alpha value is -1.41. The molecule has 0 aliphatic heterocycles. The van der Waals surface area contributed by atoms with Gasteiger partial charge in [-0.05, 0) is 40.8 Å². The van der Waals surface area contributed by atoms with Crippen LogP contribution in [0.25, 0.3) is 0 Å². The summed E-state index contributed by atoms with van der Waals surface area (Å²) in [5, 5.41) is 0. The summed E-state index contributed by atoms with van der Waals surface area (Å²) in [7, 11) is -5.02. The molecule has 1 unspecified atom stereocenters. The van der Waals surface area contributed by atoms with E-state index in [4.69, 9.17) is 4.55 Å². The second-order valence-corrected chi connectivity index (χ2v) is 7.06. The quantitative estimate of drug-likeness (QED) is 0.274. The van der Waals surface area contributed by atoms with Crippen molar-refractivity contribution in [3.8, 4) is 0 Å². The van der Waals surface area contributed by atoms with Crippen LogP contribution in [0.4, 0.5) is 13.2 Å². The number of carbonyl (C=O) groups excluding carboxylic acids is 2. The maximum absolute atomic E-state index is 12.7. The van der Waals surface area contributed by atoms with Gasteiger partial charge in [0.15, 0.2) is 0 Å². The van der Waals surface area contributed by atoms with Gasteiger partial charge in [0.25, 0.3) is 16.6 Å². The highest BCUT2D eigenvalue weighted by molar-refractivity contribution is 14.1. The van der Waals surface area contributed by atoms with E-state index in [-0.39, 0.29) is 18.6 Å². The Morgan fingerprint density at radius 2 is 2.00 bits per heavy atom. The lowest BCUT2D eigenvalue weighted by atomic mass is 10.1. The first kappa shape index (κ1) is 20.6. The van der Waals surface area contributed by atoms with Crippen LogP contribution in [0.2, 0.25) is 0 Å². The molecular formula is C12H10F3IO7S. The Morgan fingerprint density at radius 3 is 2.50 bits per heavy atom. The van der Waals surface area contributed by atoms with Crippen molar-refractivity contribution in [2.75, 3.05) is 5.75 Å². The molecule has 0 saturated carbocycles. The van der Waals surface area contributed by atoms with Crippen LogP contribution >= 0.6 is 22.6 Å². The summed E-state index contributed by atoms with van der Waals surface area (Å²) in [6.45, 7) is -0.0521. The normalized spacial score (nSPS) is 13.2. The molecule has 0 aliphatic rings. The molecule has 0 aliphatic carbocycles. The van der Waals surface area contributed by atoms with Crippen LogP contribution in [-0.2, 0) is 31.0 Å². The number of benzene rings is 1. The monoisotopic (exact) mass is 482 g/mol. The molecule has 0 spiro atoms. The zero-order valence-electron chi connectivity index (χ0n) is 11.6.